The zero-order chi connectivity index (χ0) is 22.0. The number of hydrogen-bond donors (Lipinski definition) is 0. The zero-order valence-electron chi connectivity index (χ0n) is 17.0. The van der Waals surface area contributed by atoms with E-state index < -0.39 is 29.6 Å². The van der Waals surface area contributed by atoms with E-state index in [1.807, 2.05) is 6.07 Å². The molecule has 0 aromatic heterocycles. The van der Waals surface area contributed by atoms with Crippen molar-refractivity contribution in [1.82, 2.24) is 4.90 Å². The average Bonchev–Trinajstić information content (AvgIpc) is 3.08. The summed E-state index contributed by atoms with van der Waals surface area (Å²) in [7, 11) is 0. The standard InChI is InChI=1S/C24H22FN3O3/c25-20-9-5-4-8-19(20)23(30)27(17-6-2-1-3-7-17)21-14-22(29)28(24(21)31)18-12-10-16(15-26)11-13-18/h4-5,8-13,17,21H,1-3,6-7,14H2. The second kappa shape index (κ2) is 8.68. The van der Waals surface area contributed by atoms with E-state index in [2.05, 4.69) is 0 Å². The van der Waals surface area contributed by atoms with Gasteiger partial charge < -0.3 is 4.90 Å². The largest absolute Gasteiger partial charge is 0.323 e. The molecule has 2 aromatic carbocycles. The molecule has 2 fully saturated rings. The summed E-state index contributed by atoms with van der Waals surface area (Å²) < 4.78 is 14.4. The van der Waals surface area contributed by atoms with Crippen molar-refractivity contribution in [1.29, 1.82) is 5.26 Å². The Hall–Kier alpha value is -3.53. The number of halogens is 1. The molecule has 1 aliphatic heterocycles. The molecule has 2 aliphatic rings. The van der Waals surface area contributed by atoms with E-state index in [1.54, 1.807) is 18.2 Å². The Morgan fingerprint density at radius 3 is 2.35 bits per heavy atom. The summed E-state index contributed by atoms with van der Waals surface area (Å²) in [6.45, 7) is 0. The molecule has 6 nitrogen and oxygen atoms in total. The first-order valence-corrected chi connectivity index (χ1v) is 10.5. The SMILES string of the molecule is N#Cc1ccc(N2C(=O)CC(N(C(=O)c3ccccc3F)C3CCCCC3)C2=O)cc1. The normalized spacial score (nSPS) is 19.4. The third kappa shape index (κ3) is 3.93. The van der Waals surface area contributed by atoms with Gasteiger partial charge in [0.15, 0.2) is 0 Å². The van der Waals surface area contributed by atoms with Crippen LogP contribution in [0, 0.1) is 17.1 Å². The molecule has 4 rings (SSSR count). The van der Waals surface area contributed by atoms with Gasteiger partial charge in [-0.25, -0.2) is 9.29 Å². The van der Waals surface area contributed by atoms with Crippen LogP contribution in [0.1, 0.15) is 54.4 Å². The number of hydrogen-bond acceptors (Lipinski definition) is 4. The number of carbonyl (C=O) groups excluding carboxylic acids is 3. The molecular weight excluding hydrogens is 397 g/mol. The first-order chi connectivity index (χ1) is 15.0. The highest BCUT2D eigenvalue weighted by atomic mass is 19.1. The molecule has 0 radical (unpaired) electrons. The van der Waals surface area contributed by atoms with Crippen LogP contribution in [0.5, 0.6) is 0 Å². The molecule has 3 amide bonds. The summed E-state index contributed by atoms with van der Waals surface area (Å²) in [5.74, 6) is -2.11. The second-order valence-corrected chi connectivity index (χ2v) is 7.93. The summed E-state index contributed by atoms with van der Waals surface area (Å²) in [4.78, 5) is 42.0. The van der Waals surface area contributed by atoms with Gasteiger partial charge in [0.2, 0.25) is 5.91 Å². The number of nitriles is 1. The molecule has 0 bridgehead atoms. The summed E-state index contributed by atoms with van der Waals surface area (Å²) in [6, 6.07) is 12.7. The number of rotatable bonds is 4. The van der Waals surface area contributed by atoms with Crippen LogP contribution in [-0.4, -0.2) is 34.7 Å². The van der Waals surface area contributed by atoms with Crippen molar-refractivity contribution in [2.24, 2.45) is 0 Å². The maximum absolute atomic E-state index is 14.4. The molecule has 1 unspecified atom stereocenters. The van der Waals surface area contributed by atoms with E-state index >= 15 is 0 Å². The van der Waals surface area contributed by atoms with E-state index in [4.69, 9.17) is 5.26 Å². The lowest BCUT2D eigenvalue weighted by molar-refractivity contribution is -0.123. The minimum absolute atomic E-state index is 0.0925. The summed E-state index contributed by atoms with van der Waals surface area (Å²) >= 11 is 0. The monoisotopic (exact) mass is 419 g/mol. The Morgan fingerprint density at radius 2 is 1.71 bits per heavy atom. The van der Waals surface area contributed by atoms with Crippen molar-refractivity contribution in [3.8, 4) is 6.07 Å². The lowest BCUT2D eigenvalue weighted by Crippen LogP contribution is -2.51. The number of imide groups is 1. The Labute approximate surface area is 179 Å². The van der Waals surface area contributed by atoms with Crippen LogP contribution >= 0.6 is 0 Å². The average molecular weight is 419 g/mol. The van der Waals surface area contributed by atoms with Gasteiger partial charge >= 0.3 is 0 Å². The van der Waals surface area contributed by atoms with Gasteiger partial charge in [-0.05, 0) is 49.2 Å². The van der Waals surface area contributed by atoms with Gasteiger partial charge in [0.25, 0.3) is 11.8 Å². The topological polar surface area (TPSA) is 81.5 Å². The van der Waals surface area contributed by atoms with E-state index in [0.29, 0.717) is 11.3 Å². The van der Waals surface area contributed by atoms with Crippen molar-refractivity contribution in [3.63, 3.8) is 0 Å². The van der Waals surface area contributed by atoms with Crippen LogP contribution in [0.4, 0.5) is 10.1 Å². The molecular formula is C24H22FN3O3. The quantitative estimate of drug-likeness (QED) is 0.706. The van der Waals surface area contributed by atoms with Crippen LogP contribution < -0.4 is 4.90 Å². The Balaban J connectivity index is 1.68. The Morgan fingerprint density at radius 1 is 1.03 bits per heavy atom. The molecule has 31 heavy (non-hydrogen) atoms. The number of carbonyl (C=O) groups is 3. The van der Waals surface area contributed by atoms with E-state index in [0.717, 1.165) is 37.0 Å². The second-order valence-electron chi connectivity index (χ2n) is 7.93. The number of anilines is 1. The molecule has 7 heteroatoms. The zero-order valence-corrected chi connectivity index (χ0v) is 17.0. The molecule has 1 heterocycles. The first kappa shape index (κ1) is 20.7. The maximum Gasteiger partial charge on any atom is 0.257 e. The van der Waals surface area contributed by atoms with Crippen molar-refractivity contribution >= 4 is 23.4 Å². The van der Waals surface area contributed by atoms with Crippen LogP contribution in [0.25, 0.3) is 0 Å². The predicted molar refractivity (Wildman–Crippen MR) is 111 cm³/mol. The molecule has 1 saturated carbocycles. The number of nitrogens with zero attached hydrogens (tertiary/aromatic N) is 3. The minimum atomic E-state index is -0.974. The highest BCUT2D eigenvalue weighted by Crippen LogP contribution is 2.32. The van der Waals surface area contributed by atoms with Gasteiger partial charge in [-0.15, -0.1) is 0 Å². The van der Waals surface area contributed by atoms with Crippen molar-refractivity contribution in [3.05, 3.63) is 65.5 Å². The van der Waals surface area contributed by atoms with Gasteiger partial charge in [-0.1, -0.05) is 31.4 Å². The van der Waals surface area contributed by atoms with Gasteiger partial charge in [0, 0.05) is 6.04 Å². The van der Waals surface area contributed by atoms with Crippen LogP contribution in [0.2, 0.25) is 0 Å². The van der Waals surface area contributed by atoms with Crippen molar-refractivity contribution < 1.29 is 18.8 Å². The summed E-state index contributed by atoms with van der Waals surface area (Å²) in [5.41, 5.74) is 0.682. The van der Waals surface area contributed by atoms with Crippen LogP contribution in [0.15, 0.2) is 48.5 Å². The molecule has 2 aromatic rings. The summed E-state index contributed by atoms with van der Waals surface area (Å²) in [6.07, 6.45) is 4.17. The molecule has 158 valence electrons. The lowest BCUT2D eigenvalue weighted by atomic mass is 9.92. The van der Waals surface area contributed by atoms with Crippen LogP contribution in [0.3, 0.4) is 0 Å². The van der Waals surface area contributed by atoms with Gasteiger partial charge in [-0.2, -0.15) is 5.26 Å². The molecule has 0 spiro atoms. The lowest BCUT2D eigenvalue weighted by Gasteiger charge is -2.37. The molecule has 1 aliphatic carbocycles. The fraction of sp³-hybridized carbons (Fsp3) is 0.333. The predicted octanol–water partition coefficient (Wildman–Crippen LogP) is 3.80. The van der Waals surface area contributed by atoms with Crippen molar-refractivity contribution in [2.75, 3.05) is 4.90 Å². The minimum Gasteiger partial charge on any atom is -0.323 e. The van der Waals surface area contributed by atoms with E-state index in [1.165, 1.54) is 35.2 Å². The Bertz CT molecular complexity index is 1050. The highest BCUT2D eigenvalue weighted by molar-refractivity contribution is 6.23. The fourth-order valence-electron chi connectivity index (χ4n) is 4.48. The first-order valence-electron chi connectivity index (χ1n) is 10.5. The van der Waals surface area contributed by atoms with Gasteiger partial charge in [-0.3, -0.25) is 14.4 Å². The Kier molecular flexibility index (Phi) is 5.81. The van der Waals surface area contributed by atoms with E-state index in [9.17, 15) is 18.8 Å². The molecule has 1 saturated heterocycles. The summed E-state index contributed by atoms with van der Waals surface area (Å²) in [5, 5.41) is 8.98. The fourth-order valence-corrected chi connectivity index (χ4v) is 4.48. The highest BCUT2D eigenvalue weighted by Gasteiger charge is 2.47. The number of amides is 3. The van der Waals surface area contributed by atoms with Gasteiger partial charge in [0.1, 0.15) is 11.9 Å². The maximum atomic E-state index is 14.4. The van der Waals surface area contributed by atoms with Crippen LogP contribution in [-0.2, 0) is 9.59 Å². The van der Waals surface area contributed by atoms with E-state index in [-0.39, 0.29) is 18.0 Å². The van der Waals surface area contributed by atoms with Crippen molar-refractivity contribution in [2.45, 2.75) is 50.6 Å². The molecule has 1 atom stereocenters. The third-order valence-corrected chi connectivity index (χ3v) is 6.02. The third-order valence-electron chi connectivity index (χ3n) is 6.02. The smallest absolute Gasteiger partial charge is 0.257 e. The van der Waals surface area contributed by atoms with Gasteiger partial charge in [0.05, 0.1) is 29.3 Å². The number of benzene rings is 2. The molecule has 0 N–H and O–H groups in total.